The minimum absolute atomic E-state index is 0.0838. The lowest BCUT2D eigenvalue weighted by atomic mass is 9.92. The van der Waals surface area contributed by atoms with Gasteiger partial charge in [0.1, 0.15) is 12.2 Å². The van der Waals surface area contributed by atoms with Crippen LogP contribution in [0.25, 0.3) is 0 Å². The van der Waals surface area contributed by atoms with E-state index >= 15 is 0 Å². The molecule has 0 aliphatic carbocycles. The van der Waals surface area contributed by atoms with Crippen LogP contribution in [0.4, 0.5) is 0 Å². The number of nitrogens with zero attached hydrogens (tertiary/aromatic N) is 4. The standard InChI is InChI=1S/C20H26N4O2/c25-20(18-8-11-26-14-18)23-9-6-16(7-10-23)12-19-22-21-15-24(19)13-17-4-2-1-3-5-17/h1-5,15-16,18H,6-14H2. The minimum Gasteiger partial charge on any atom is -0.381 e. The Morgan fingerprint density at radius 1 is 1.15 bits per heavy atom. The van der Waals surface area contributed by atoms with Gasteiger partial charge < -0.3 is 14.2 Å². The molecule has 138 valence electrons. The van der Waals surface area contributed by atoms with Crippen LogP contribution in [-0.4, -0.2) is 51.9 Å². The van der Waals surface area contributed by atoms with Crippen LogP contribution >= 0.6 is 0 Å². The SMILES string of the molecule is O=C(C1CCOC1)N1CCC(Cc2nncn2Cc2ccccc2)CC1. The highest BCUT2D eigenvalue weighted by Crippen LogP contribution is 2.24. The van der Waals surface area contributed by atoms with Gasteiger partial charge in [-0.3, -0.25) is 4.79 Å². The first-order valence-corrected chi connectivity index (χ1v) is 9.57. The van der Waals surface area contributed by atoms with E-state index in [9.17, 15) is 4.79 Å². The normalized spacial score (nSPS) is 21.2. The fourth-order valence-corrected chi connectivity index (χ4v) is 3.95. The second-order valence-corrected chi connectivity index (χ2v) is 7.39. The van der Waals surface area contributed by atoms with E-state index in [2.05, 4.69) is 39.0 Å². The number of ether oxygens (including phenoxy) is 1. The van der Waals surface area contributed by atoms with Gasteiger partial charge in [-0.1, -0.05) is 30.3 Å². The number of amides is 1. The summed E-state index contributed by atoms with van der Waals surface area (Å²) in [6, 6.07) is 10.4. The highest BCUT2D eigenvalue weighted by molar-refractivity contribution is 5.79. The molecule has 2 aliphatic rings. The number of carbonyl (C=O) groups is 1. The molecule has 6 heteroatoms. The third-order valence-electron chi connectivity index (χ3n) is 5.57. The Morgan fingerprint density at radius 2 is 1.96 bits per heavy atom. The Bertz CT molecular complexity index is 716. The molecule has 2 saturated heterocycles. The van der Waals surface area contributed by atoms with E-state index in [0.717, 1.165) is 57.7 Å². The smallest absolute Gasteiger partial charge is 0.228 e. The molecule has 0 saturated carbocycles. The second kappa shape index (κ2) is 7.99. The zero-order valence-corrected chi connectivity index (χ0v) is 15.1. The Labute approximate surface area is 154 Å². The van der Waals surface area contributed by atoms with Crippen LogP contribution in [0.3, 0.4) is 0 Å². The third-order valence-corrected chi connectivity index (χ3v) is 5.57. The van der Waals surface area contributed by atoms with Gasteiger partial charge in [0.15, 0.2) is 0 Å². The number of hydrogen-bond donors (Lipinski definition) is 0. The summed E-state index contributed by atoms with van der Waals surface area (Å²) < 4.78 is 7.50. The van der Waals surface area contributed by atoms with Crippen LogP contribution in [0.15, 0.2) is 36.7 Å². The van der Waals surface area contributed by atoms with E-state index < -0.39 is 0 Å². The van der Waals surface area contributed by atoms with Crippen molar-refractivity contribution in [2.75, 3.05) is 26.3 Å². The van der Waals surface area contributed by atoms with Crippen molar-refractivity contribution >= 4 is 5.91 Å². The molecule has 1 atom stereocenters. The number of piperidine rings is 1. The summed E-state index contributed by atoms with van der Waals surface area (Å²) >= 11 is 0. The molecule has 2 fully saturated rings. The predicted molar refractivity (Wildman–Crippen MR) is 97.5 cm³/mol. The number of rotatable bonds is 5. The molecule has 1 aromatic heterocycles. The fourth-order valence-electron chi connectivity index (χ4n) is 3.95. The van der Waals surface area contributed by atoms with Gasteiger partial charge in [-0.15, -0.1) is 10.2 Å². The first-order chi connectivity index (χ1) is 12.8. The Hall–Kier alpha value is -2.21. The zero-order valence-electron chi connectivity index (χ0n) is 15.1. The molecule has 2 aromatic rings. The molecule has 3 heterocycles. The summed E-state index contributed by atoms with van der Waals surface area (Å²) in [5.41, 5.74) is 1.26. The summed E-state index contributed by atoms with van der Waals surface area (Å²) in [7, 11) is 0. The minimum atomic E-state index is 0.0838. The summed E-state index contributed by atoms with van der Waals surface area (Å²) in [6.45, 7) is 3.84. The van der Waals surface area contributed by atoms with E-state index in [1.165, 1.54) is 5.56 Å². The Kier molecular flexibility index (Phi) is 5.29. The summed E-state index contributed by atoms with van der Waals surface area (Å²) in [6.07, 6.45) is 5.71. The van der Waals surface area contributed by atoms with E-state index in [1.54, 1.807) is 0 Å². The second-order valence-electron chi connectivity index (χ2n) is 7.39. The molecule has 1 aromatic carbocycles. The topological polar surface area (TPSA) is 60.2 Å². The fraction of sp³-hybridized carbons (Fsp3) is 0.550. The average Bonchev–Trinajstić information content (AvgIpc) is 3.35. The van der Waals surface area contributed by atoms with Crippen LogP contribution < -0.4 is 0 Å². The van der Waals surface area contributed by atoms with Gasteiger partial charge in [0.05, 0.1) is 19.1 Å². The highest BCUT2D eigenvalue weighted by Gasteiger charge is 2.31. The first kappa shape index (κ1) is 17.2. The number of aromatic nitrogens is 3. The molecule has 0 spiro atoms. The molecule has 2 aliphatic heterocycles. The number of carbonyl (C=O) groups excluding carboxylic acids is 1. The molecular formula is C20H26N4O2. The molecule has 0 bridgehead atoms. The molecule has 6 nitrogen and oxygen atoms in total. The largest absolute Gasteiger partial charge is 0.381 e. The molecule has 1 amide bonds. The quantitative estimate of drug-likeness (QED) is 0.825. The maximum absolute atomic E-state index is 12.5. The van der Waals surface area contributed by atoms with Crippen molar-refractivity contribution in [3.63, 3.8) is 0 Å². The lowest BCUT2D eigenvalue weighted by molar-refractivity contribution is -0.136. The van der Waals surface area contributed by atoms with Crippen molar-refractivity contribution in [1.29, 1.82) is 0 Å². The van der Waals surface area contributed by atoms with Gasteiger partial charge in [0, 0.05) is 26.1 Å². The van der Waals surface area contributed by atoms with Gasteiger partial charge in [-0.2, -0.15) is 0 Å². The number of hydrogen-bond acceptors (Lipinski definition) is 4. The highest BCUT2D eigenvalue weighted by atomic mass is 16.5. The van der Waals surface area contributed by atoms with E-state index in [0.29, 0.717) is 12.5 Å². The lowest BCUT2D eigenvalue weighted by Gasteiger charge is -2.33. The van der Waals surface area contributed by atoms with Gasteiger partial charge in [0.25, 0.3) is 0 Å². The van der Waals surface area contributed by atoms with Crippen molar-refractivity contribution < 1.29 is 9.53 Å². The predicted octanol–water partition coefficient (Wildman–Crippen LogP) is 2.14. The van der Waals surface area contributed by atoms with E-state index in [4.69, 9.17) is 4.74 Å². The summed E-state index contributed by atoms with van der Waals surface area (Å²) in [5.74, 6) is 1.98. The average molecular weight is 354 g/mol. The van der Waals surface area contributed by atoms with Crippen LogP contribution in [0.5, 0.6) is 0 Å². The molecule has 26 heavy (non-hydrogen) atoms. The van der Waals surface area contributed by atoms with Crippen molar-refractivity contribution in [3.05, 3.63) is 48.0 Å². The maximum atomic E-state index is 12.5. The molecule has 1 unspecified atom stereocenters. The van der Waals surface area contributed by atoms with E-state index in [-0.39, 0.29) is 11.8 Å². The van der Waals surface area contributed by atoms with Gasteiger partial charge in [-0.05, 0) is 30.7 Å². The van der Waals surface area contributed by atoms with Crippen LogP contribution in [0, 0.1) is 11.8 Å². The van der Waals surface area contributed by atoms with Crippen LogP contribution in [0.2, 0.25) is 0 Å². The monoisotopic (exact) mass is 354 g/mol. The zero-order chi connectivity index (χ0) is 17.8. The summed E-state index contributed by atoms with van der Waals surface area (Å²) in [4.78, 5) is 14.5. The van der Waals surface area contributed by atoms with E-state index in [1.807, 2.05) is 17.3 Å². The Morgan fingerprint density at radius 3 is 2.69 bits per heavy atom. The summed E-state index contributed by atoms with van der Waals surface area (Å²) in [5, 5.41) is 8.45. The molecular weight excluding hydrogens is 328 g/mol. The van der Waals surface area contributed by atoms with Crippen LogP contribution in [-0.2, 0) is 22.5 Å². The van der Waals surface area contributed by atoms with Crippen molar-refractivity contribution in [2.45, 2.75) is 32.2 Å². The number of benzene rings is 1. The van der Waals surface area contributed by atoms with Gasteiger partial charge in [-0.25, -0.2) is 0 Å². The van der Waals surface area contributed by atoms with Gasteiger partial charge >= 0.3 is 0 Å². The Balaban J connectivity index is 1.31. The lowest BCUT2D eigenvalue weighted by Crippen LogP contribution is -2.42. The van der Waals surface area contributed by atoms with Crippen molar-refractivity contribution in [3.8, 4) is 0 Å². The number of likely N-dealkylation sites (tertiary alicyclic amines) is 1. The van der Waals surface area contributed by atoms with Gasteiger partial charge in [0.2, 0.25) is 5.91 Å². The third kappa shape index (κ3) is 3.96. The van der Waals surface area contributed by atoms with Crippen molar-refractivity contribution in [1.82, 2.24) is 19.7 Å². The maximum Gasteiger partial charge on any atom is 0.228 e. The molecule has 4 rings (SSSR count). The van der Waals surface area contributed by atoms with Crippen molar-refractivity contribution in [2.24, 2.45) is 11.8 Å². The molecule has 0 N–H and O–H groups in total. The molecule has 0 radical (unpaired) electrons. The van der Waals surface area contributed by atoms with Crippen LogP contribution in [0.1, 0.15) is 30.7 Å². The first-order valence-electron chi connectivity index (χ1n) is 9.57.